The van der Waals surface area contributed by atoms with Gasteiger partial charge < -0.3 is 16.2 Å². The van der Waals surface area contributed by atoms with Crippen LogP contribution in [0.4, 0.5) is 9.18 Å². The van der Waals surface area contributed by atoms with E-state index < -0.39 is 42.0 Å². The molecule has 5 N–H and O–H groups in total. The summed E-state index contributed by atoms with van der Waals surface area (Å²) in [6.07, 6.45) is -1.62. The quantitative estimate of drug-likeness (QED) is 0.357. The number of hydrazine groups is 1. The molecule has 0 heterocycles. The highest BCUT2D eigenvalue weighted by Crippen LogP contribution is 2.07. The summed E-state index contributed by atoms with van der Waals surface area (Å²) >= 11 is 5.03. The van der Waals surface area contributed by atoms with Crippen molar-refractivity contribution in [2.24, 2.45) is 11.7 Å². The van der Waals surface area contributed by atoms with Gasteiger partial charge in [0.25, 0.3) is 17.4 Å². The maximum Gasteiger partial charge on any atom is 0.405 e. The molecule has 0 spiro atoms. The summed E-state index contributed by atoms with van der Waals surface area (Å²) in [7, 11) is 0. The number of nitrogens with one attached hydrogen (secondary N) is 2. The van der Waals surface area contributed by atoms with E-state index >= 15 is 0 Å². The van der Waals surface area contributed by atoms with Crippen LogP contribution >= 0.6 is 11.6 Å². The molecule has 11 heteroatoms. The summed E-state index contributed by atoms with van der Waals surface area (Å²) < 4.78 is 12.9. The molecule has 0 aromatic rings. The van der Waals surface area contributed by atoms with Gasteiger partial charge in [-0.1, -0.05) is 25.4 Å². The fraction of sp³-hybridized carbons (Fsp3) is 0.667. The molecule has 0 rings (SSSR count). The Morgan fingerprint density at radius 3 is 2.26 bits per heavy atom. The van der Waals surface area contributed by atoms with Gasteiger partial charge in [-0.05, 0) is 12.3 Å². The van der Waals surface area contributed by atoms with Crippen molar-refractivity contribution in [2.45, 2.75) is 38.4 Å². The van der Waals surface area contributed by atoms with Gasteiger partial charge in [0.1, 0.15) is 6.04 Å². The zero-order valence-corrected chi connectivity index (χ0v) is 13.5. The fourth-order valence-corrected chi connectivity index (χ4v) is 1.74. The number of alkyl halides is 2. The van der Waals surface area contributed by atoms with E-state index in [1.165, 1.54) is 0 Å². The van der Waals surface area contributed by atoms with Crippen molar-refractivity contribution in [2.75, 3.05) is 6.54 Å². The second kappa shape index (κ2) is 9.82. The summed E-state index contributed by atoms with van der Waals surface area (Å²) in [6.45, 7) is 3.13. The molecular weight excluding hydrogens is 335 g/mol. The number of carbonyl (C=O) groups excluding carboxylic acids is 3. The van der Waals surface area contributed by atoms with E-state index in [-0.39, 0.29) is 18.8 Å². The first kappa shape index (κ1) is 20.9. The van der Waals surface area contributed by atoms with Crippen LogP contribution in [0.3, 0.4) is 0 Å². The van der Waals surface area contributed by atoms with Crippen molar-refractivity contribution in [1.82, 2.24) is 15.8 Å². The lowest BCUT2D eigenvalue weighted by atomic mass is 10.0. The van der Waals surface area contributed by atoms with Crippen molar-refractivity contribution < 1.29 is 28.7 Å². The van der Waals surface area contributed by atoms with Gasteiger partial charge in [0.2, 0.25) is 5.91 Å². The van der Waals surface area contributed by atoms with Gasteiger partial charge in [0.15, 0.2) is 0 Å². The van der Waals surface area contributed by atoms with Crippen molar-refractivity contribution in [3.63, 3.8) is 0 Å². The largest absolute Gasteiger partial charge is 0.465 e. The molecule has 9 nitrogen and oxygen atoms in total. The molecule has 0 bridgehead atoms. The molecule has 0 saturated heterocycles. The first-order chi connectivity index (χ1) is 10.5. The van der Waals surface area contributed by atoms with Crippen LogP contribution in [0.1, 0.15) is 26.7 Å². The second-order valence-corrected chi connectivity index (χ2v) is 5.50. The van der Waals surface area contributed by atoms with Crippen LogP contribution in [0.25, 0.3) is 0 Å². The average molecular weight is 355 g/mol. The number of hydrogen-bond acceptors (Lipinski definition) is 4. The SMILES string of the molecule is CC(C)CC(NC(=O)O)C(=O)NN(CCC(N)=O)C(=O)[C@@H](F)Cl. The van der Waals surface area contributed by atoms with Crippen molar-refractivity contribution >= 4 is 35.4 Å². The first-order valence-electron chi connectivity index (χ1n) is 6.72. The predicted octanol–water partition coefficient (Wildman–Crippen LogP) is -0.0617. The number of hydrogen-bond donors (Lipinski definition) is 4. The molecule has 0 aliphatic heterocycles. The molecule has 0 aliphatic rings. The van der Waals surface area contributed by atoms with Gasteiger partial charge in [0.05, 0.1) is 6.54 Å². The second-order valence-electron chi connectivity index (χ2n) is 5.11. The summed E-state index contributed by atoms with van der Waals surface area (Å²) in [5, 5.41) is 11.2. The number of rotatable bonds is 8. The Morgan fingerprint density at radius 2 is 1.87 bits per heavy atom. The zero-order valence-electron chi connectivity index (χ0n) is 12.7. The number of carboxylic acid groups (broad SMARTS) is 1. The molecule has 4 amide bonds. The van der Waals surface area contributed by atoms with Crippen LogP contribution in [-0.2, 0) is 14.4 Å². The standard InChI is InChI=1S/C12H20ClFN4O5/c1-6(2)5-7(16-12(22)23)10(20)17-18(4-3-8(15)19)11(21)9(13)14/h6-7,9,16H,3-5H2,1-2H3,(H2,15,19)(H,17,20)(H,22,23)/t7?,9-/m1/s1. The molecule has 0 radical (unpaired) electrons. The highest BCUT2D eigenvalue weighted by Gasteiger charge is 2.28. The number of nitrogens with zero attached hydrogens (tertiary/aromatic N) is 1. The molecule has 0 aromatic carbocycles. The number of nitrogens with two attached hydrogens (primary N) is 1. The van der Waals surface area contributed by atoms with Crippen LogP contribution in [0, 0.1) is 5.92 Å². The zero-order chi connectivity index (χ0) is 18.2. The Morgan fingerprint density at radius 1 is 1.30 bits per heavy atom. The number of carbonyl (C=O) groups is 4. The lowest BCUT2D eigenvalue weighted by Crippen LogP contribution is -2.56. The van der Waals surface area contributed by atoms with E-state index in [4.69, 9.17) is 22.4 Å². The molecule has 132 valence electrons. The van der Waals surface area contributed by atoms with Crippen LogP contribution in [-0.4, -0.2) is 52.1 Å². The van der Waals surface area contributed by atoms with Gasteiger partial charge >= 0.3 is 6.09 Å². The van der Waals surface area contributed by atoms with Crippen LogP contribution in [0.2, 0.25) is 0 Å². The van der Waals surface area contributed by atoms with Crippen molar-refractivity contribution in [1.29, 1.82) is 0 Å². The Kier molecular flexibility index (Phi) is 8.93. The lowest BCUT2D eigenvalue weighted by molar-refractivity contribution is -0.144. The number of amides is 4. The normalized spacial score (nSPS) is 13.1. The maximum absolute atomic E-state index is 12.9. The maximum atomic E-state index is 12.9. The Labute approximate surface area is 137 Å². The third-order valence-corrected chi connectivity index (χ3v) is 2.79. The summed E-state index contributed by atoms with van der Waals surface area (Å²) in [5.74, 6) is -2.98. The van der Waals surface area contributed by atoms with E-state index in [2.05, 4.69) is 5.43 Å². The summed E-state index contributed by atoms with van der Waals surface area (Å²) in [4.78, 5) is 45.1. The Bertz CT molecular complexity index is 461. The minimum atomic E-state index is -2.43. The van der Waals surface area contributed by atoms with Crippen molar-refractivity contribution in [3.8, 4) is 0 Å². The van der Waals surface area contributed by atoms with Crippen LogP contribution < -0.4 is 16.5 Å². The van der Waals surface area contributed by atoms with E-state index in [9.17, 15) is 23.6 Å². The van der Waals surface area contributed by atoms with Crippen LogP contribution in [0.15, 0.2) is 0 Å². The van der Waals surface area contributed by atoms with Gasteiger partial charge in [-0.3, -0.25) is 19.8 Å². The molecule has 2 atom stereocenters. The van der Waals surface area contributed by atoms with Gasteiger partial charge in [-0.25, -0.2) is 14.2 Å². The molecule has 0 saturated carbocycles. The van der Waals surface area contributed by atoms with E-state index in [0.29, 0.717) is 5.01 Å². The molecule has 0 aliphatic carbocycles. The number of primary amides is 1. The molecule has 0 aromatic heterocycles. The third kappa shape index (κ3) is 8.81. The minimum absolute atomic E-state index is 0.0330. The highest BCUT2D eigenvalue weighted by molar-refractivity contribution is 6.29. The Balaban J connectivity index is 5.03. The van der Waals surface area contributed by atoms with E-state index in [1.807, 2.05) is 5.32 Å². The first-order valence-corrected chi connectivity index (χ1v) is 7.16. The number of halogens is 2. The van der Waals surface area contributed by atoms with Crippen molar-refractivity contribution in [3.05, 3.63) is 0 Å². The highest BCUT2D eigenvalue weighted by atomic mass is 35.5. The molecule has 1 unspecified atom stereocenters. The molecule has 0 fully saturated rings. The smallest absolute Gasteiger partial charge is 0.405 e. The Hall–Kier alpha value is -2.10. The average Bonchev–Trinajstić information content (AvgIpc) is 2.40. The predicted molar refractivity (Wildman–Crippen MR) is 78.8 cm³/mol. The van der Waals surface area contributed by atoms with Gasteiger partial charge in [-0.15, -0.1) is 0 Å². The lowest BCUT2D eigenvalue weighted by Gasteiger charge is -2.26. The topological polar surface area (TPSA) is 142 Å². The fourth-order valence-electron chi connectivity index (χ4n) is 1.62. The van der Waals surface area contributed by atoms with Gasteiger partial charge in [-0.2, -0.15) is 0 Å². The monoisotopic (exact) mass is 354 g/mol. The molecular formula is C12H20ClFN4O5. The minimum Gasteiger partial charge on any atom is -0.465 e. The third-order valence-electron chi connectivity index (χ3n) is 2.60. The van der Waals surface area contributed by atoms with E-state index in [1.54, 1.807) is 13.8 Å². The van der Waals surface area contributed by atoms with Gasteiger partial charge in [0, 0.05) is 6.42 Å². The van der Waals surface area contributed by atoms with Crippen LogP contribution in [0.5, 0.6) is 0 Å². The van der Waals surface area contributed by atoms with E-state index in [0.717, 1.165) is 0 Å². The summed E-state index contributed by atoms with van der Waals surface area (Å²) in [6, 6.07) is -1.16. The molecule has 23 heavy (non-hydrogen) atoms. The summed E-state index contributed by atoms with van der Waals surface area (Å²) in [5.41, 5.74) is 4.55.